The van der Waals surface area contributed by atoms with Gasteiger partial charge in [-0.15, -0.1) is 22.7 Å². The molecule has 0 atom stereocenters. The highest BCUT2D eigenvalue weighted by Crippen LogP contribution is 2.48. The summed E-state index contributed by atoms with van der Waals surface area (Å²) < 4.78 is 5.22. The minimum Gasteiger partial charge on any atom is -0.301 e. The third-order valence-electron chi connectivity index (χ3n) is 6.07. The molecule has 0 aliphatic carbocycles. The van der Waals surface area contributed by atoms with Crippen molar-refractivity contribution >= 4 is 63.3 Å². The van der Waals surface area contributed by atoms with Crippen LogP contribution in [0.15, 0.2) is 103 Å². The zero-order chi connectivity index (χ0) is 20.4. The molecule has 0 aliphatic rings. The smallest absolute Gasteiger partial charge is 0.110 e. The van der Waals surface area contributed by atoms with Gasteiger partial charge >= 0.3 is 0 Å². The predicted molar refractivity (Wildman–Crippen MR) is 137 cm³/mol. The maximum Gasteiger partial charge on any atom is 0.110 e. The van der Waals surface area contributed by atoms with Gasteiger partial charge in [0.15, 0.2) is 0 Å². The number of rotatable bonds is 2. The molecule has 3 aromatic heterocycles. The Bertz CT molecular complexity index is 1710. The van der Waals surface area contributed by atoms with E-state index in [4.69, 9.17) is 0 Å². The highest BCUT2D eigenvalue weighted by Gasteiger charge is 2.20. The molecular formula is C28H17NS2. The van der Waals surface area contributed by atoms with E-state index in [0.717, 1.165) is 0 Å². The number of aromatic nitrogens is 1. The van der Waals surface area contributed by atoms with Gasteiger partial charge < -0.3 is 4.57 Å². The lowest BCUT2D eigenvalue weighted by Gasteiger charge is -2.08. The summed E-state index contributed by atoms with van der Waals surface area (Å²) in [6.07, 6.45) is 0. The average Bonchev–Trinajstić information content (AvgIpc) is 3.46. The van der Waals surface area contributed by atoms with Crippen LogP contribution in [0.1, 0.15) is 0 Å². The van der Waals surface area contributed by atoms with Crippen LogP contribution in [0.4, 0.5) is 0 Å². The number of fused-ring (bicyclic) bond motifs is 7. The van der Waals surface area contributed by atoms with Gasteiger partial charge in [-0.1, -0.05) is 78.9 Å². The molecule has 0 spiro atoms. The topological polar surface area (TPSA) is 4.93 Å². The molecule has 1 nitrogen and oxygen atoms in total. The summed E-state index contributed by atoms with van der Waals surface area (Å²) in [5, 5.41) is 5.51. The van der Waals surface area contributed by atoms with E-state index < -0.39 is 0 Å². The summed E-state index contributed by atoms with van der Waals surface area (Å²) in [6.45, 7) is 0. The molecule has 0 unspecified atom stereocenters. The molecule has 0 N–H and O–H groups in total. The fourth-order valence-corrected chi connectivity index (χ4v) is 7.38. The zero-order valence-electron chi connectivity index (χ0n) is 16.6. The second kappa shape index (κ2) is 6.55. The summed E-state index contributed by atoms with van der Waals surface area (Å²) >= 11 is 3.83. The normalized spacial score (nSPS) is 11.9. The van der Waals surface area contributed by atoms with Gasteiger partial charge in [0, 0.05) is 31.9 Å². The highest BCUT2D eigenvalue weighted by molar-refractivity contribution is 7.44. The van der Waals surface area contributed by atoms with Crippen LogP contribution in [0.3, 0.4) is 0 Å². The van der Waals surface area contributed by atoms with Crippen LogP contribution < -0.4 is 0 Å². The summed E-state index contributed by atoms with van der Waals surface area (Å²) in [5.41, 5.74) is 4.98. The van der Waals surface area contributed by atoms with Gasteiger partial charge in [-0.05, 0) is 35.4 Å². The van der Waals surface area contributed by atoms with Crippen molar-refractivity contribution in [2.45, 2.75) is 0 Å². The van der Waals surface area contributed by atoms with Gasteiger partial charge in [0.2, 0.25) is 0 Å². The largest absolute Gasteiger partial charge is 0.301 e. The fourth-order valence-electron chi connectivity index (χ4n) is 4.66. The van der Waals surface area contributed by atoms with E-state index >= 15 is 0 Å². The van der Waals surface area contributed by atoms with E-state index in [1.165, 1.54) is 57.4 Å². The van der Waals surface area contributed by atoms with Crippen molar-refractivity contribution in [1.29, 1.82) is 0 Å². The van der Waals surface area contributed by atoms with Crippen LogP contribution in [0, 0.1) is 0 Å². The Morgan fingerprint density at radius 2 is 1.19 bits per heavy atom. The first-order chi connectivity index (χ1) is 15.4. The molecule has 3 heteroatoms. The molecule has 0 radical (unpaired) electrons. The minimum atomic E-state index is 1.21. The highest BCUT2D eigenvalue weighted by atomic mass is 32.2. The molecule has 7 rings (SSSR count). The molecule has 146 valence electrons. The maximum atomic E-state index is 2.44. The number of benzene rings is 4. The number of hydrogen-bond donors (Lipinski definition) is 0. The Balaban J connectivity index is 1.53. The zero-order valence-corrected chi connectivity index (χ0v) is 18.2. The van der Waals surface area contributed by atoms with Gasteiger partial charge in [-0.3, -0.25) is 0 Å². The van der Waals surface area contributed by atoms with E-state index in [0.29, 0.717) is 0 Å². The number of thiophene rings is 2. The summed E-state index contributed by atoms with van der Waals surface area (Å²) in [7, 11) is 0. The summed E-state index contributed by atoms with van der Waals surface area (Å²) in [6, 6.07) is 37.1. The molecule has 0 saturated heterocycles. The monoisotopic (exact) mass is 431 g/mol. The van der Waals surface area contributed by atoms with Crippen LogP contribution in [-0.4, -0.2) is 4.57 Å². The average molecular weight is 432 g/mol. The van der Waals surface area contributed by atoms with E-state index in [1.807, 2.05) is 22.7 Å². The Kier molecular flexibility index (Phi) is 3.65. The maximum absolute atomic E-state index is 2.44. The van der Waals surface area contributed by atoms with Gasteiger partial charge in [0.25, 0.3) is 0 Å². The van der Waals surface area contributed by atoms with E-state index in [1.54, 1.807) is 0 Å². The molecule has 0 amide bonds. The standard InChI is InChI=1S/C28H17NS2/c1-2-8-18(9-3-1)19-14-16-20(17-15-19)29-23-12-6-4-10-21(23)25-26-22-11-5-7-13-24(22)30-28(26)31-27(25)29/h1-17H. The second-order valence-electron chi connectivity index (χ2n) is 7.81. The van der Waals surface area contributed by atoms with Crippen molar-refractivity contribution < 1.29 is 0 Å². The van der Waals surface area contributed by atoms with E-state index in [-0.39, 0.29) is 0 Å². The number of hydrogen-bond acceptors (Lipinski definition) is 2. The Hall–Kier alpha value is -3.40. The van der Waals surface area contributed by atoms with Crippen LogP contribution in [0.2, 0.25) is 0 Å². The molecule has 0 aliphatic heterocycles. The van der Waals surface area contributed by atoms with Crippen molar-refractivity contribution in [1.82, 2.24) is 4.57 Å². The third kappa shape index (κ3) is 2.48. The molecule has 3 heterocycles. The number of nitrogens with zero attached hydrogens (tertiary/aromatic N) is 1. The van der Waals surface area contributed by atoms with Crippen molar-refractivity contribution in [2.24, 2.45) is 0 Å². The quantitative estimate of drug-likeness (QED) is 0.257. The first-order valence-corrected chi connectivity index (χ1v) is 12.0. The van der Waals surface area contributed by atoms with Crippen molar-refractivity contribution in [2.75, 3.05) is 0 Å². The van der Waals surface area contributed by atoms with E-state index in [9.17, 15) is 0 Å². The lowest BCUT2D eigenvalue weighted by Crippen LogP contribution is -1.92. The van der Waals surface area contributed by atoms with Gasteiger partial charge in [0.1, 0.15) is 4.83 Å². The Labute approximate surface area is 187 Å². The van der Waals surface area contributed by atoms with Crippen molar-refractivity contribution in [3.05, 3.63) is 103 Å². The molecule has 0 saturated carbocycles. The molecule has 0 bridgehead atoms. The molecular weight excluding hydrogens is 414 g/mol. The fraction of sp³-hybridized carbons (Fsp3) is 0. The Morgan fingerprint density at radius 1 is 0.516 bits per heavy atom. The lowest BCUT2D eigenvalue weighted by molar-refractivity contribution is 1.19. The van der Waals surface area contributed by atoms with Crippen molar-refractivity contribution in [3.63, 3.8) is 0 Å². The first-order valence-electron chi connectivity index (χ1n) is 10.4. The van der Waals surface area contributed by atoms with Crippen LogP contribution in [-0.2, 0) is 0 Å². The van der Waals surface area contributed by atoms with Crippen molar-refractivity contribution in [3.8, 4) is 16.8 Å². The third-order valence-corrected chi connectivity index (χ3v) is 8.50. The van der Waals surface area contributed by atoms with Gasteiger partial charge in [-0.25, -0.2) is 0 Å². The van der Waals surface area contributed by atoms with Crippen LogP contribution in [0.5, 0.6) is 0 Å². The summed E-state index contributed by atoms with van der Waals surface area (Å²) in [5.74, 6) is 0. The molecule has 4 aromatic carbocycles. The number of para-hydroxylation sites is 1. The van der Waals surface area contributed by atoms with Gasteiger partial charge in [0.05, 0.1) is 9.53 Å². The SMILES string of the molecule is c1ccc(-c2ccc(-n3c4ccccc4c4c5c(sc6ccccc65)sc43)cc2)cc1. The minimum absolute atomic E-state index is 1.21. The first kappa shape index (κ1) is 17.3. The van der Waals surface area contributed by atoms with E-state index in [2.05, 4.69) is 108 Å². The molecule has 7 aromatic rings. The second-order valence-corrected chi connectivity index (χ2v) is 10.1. The lowest BCUT2D eigenvalue weighted by atomic mass is 10.1. The Morgan fingerprint density at radius 3 is 2.03 bits per heavy atom. The van der Waals surface area contributed by atoms with Gasteiger partial charge in [-0.2, -0.15) is 0 Å². The summed E-state index contributed by atoms with van der Waals surface area (Å²) in [4.78, 5) is 1.33. The molecule has 0 fully saturated rings. The molecule has 31 heavy (non-hydrogen) atoms. The van der Waals surface area contributed by atoms with Crippen LogP contribution >= 0.6 is 22.7 Å². The predicted octanol–water partition coefficient (Wildman–Crippen LogP) is 8.88. The van der Waals surface area contributed by atoms with Crippen LogP contribution in [0.25, 0.3) is 57.4 Å².